The first kappa shape index (κ1) is 18.0. The highest BCUT2D eigenvalue weighted by molar-refractivity contribution is 7.99. The van der Waals surface area contributed by atoms with E-state index in [0.29, 0.717) is 17.8 Å². The van der Waals surface area contributed by atoms with Gasteiger partial charge in [0.1, 0.15) is 0 Å². The maximum Gasteiger partial charge on any atom is 0.328 e. The van der Waals surface area contributed by atoms with E-state index in [1.54, 1.807) is 6.92 Å². The van der Waals surface area contributed by atoms with Crippen LogP contribution in [0.2, 0.25) is 0 Å². The lowest BCUT2D eigenvalue weighted by Gasteiger charge is -2.04. The molecule has 24 heavy (non-hydrogen) atoms. The Balaban J connectivity index is 2.05. The van der Waals surface area contributed by atoms with Gasteiger partial charge in [0.2, 0.25) is 11.8 Å². The number of aromatic nitrogens is 4. The molecule has 0 aliphatic carbocycles. The predicted molar refractivity (Wildman–Crippen MR) is 88.2 cm³/mol. The molecule has 0 aliphatic heterocycles. The number of nitrogens with one attached hydrogen (secondary N) is 2. The number of aryl methyl sites for hydroxylation is 1. The zero-order chi connectivity index (χ0) is 17.7. The summed E-state index contributed by atoms with van der Waals surface area (Å²) in [6, 6.07) is 0. The topological polar surface area (TPSA) is 123 Å². The Morgan fingerprint density at radius 2 is 2.12 bits per heavy atom. The lowest BCUT2D eigenvalue weighted by atomic mass is 10.2. The molecule has 0 radical (unpaired) electrons. The van der Waals surface area contributed by atoms with Gasteiger partial charge in [-0.15, -0.1) is 10.2 Å². The number of nitrogens with zero attached hydrogens (tertiary/aromatic N) is 3. The summed E-state index contributed by atoms with van der Waals surface area (Å²) in [5, 5.41) is 10.7. The first-order valence-electron chi connectivity index (χ1n) is 7.43. The standard InChI is InChI=1S/C14H19N5O4S/c1-4-5-15-10(20)7-24-14-18-17-11(23-14)6-9-8(2)16-13(22)19(3)12(9)21/h4-7H2,1-3H3,(H,15,20)(H,16,22). The van der Waals surface area contributed by atoms with Crippen LogP contribution >= 0.6 is 11.8 Å². The van der Waals surface area contributed by atoms with E-state index in [-0.39, 0.29) is 29.2 Å². The fourth-order valence-corrected chi connectivity index (χ4v) is 2.56. The van der Waals surface area contributed by atoms with Crippen molar-refractivity contribution in [2.75, 3.05) is 12.3 Å². The van der Waals surface area contributed by atoms with Crippen LogP contribution < -0.4 is 16.6 Å². The molecule has 2 aromatic heterocycles. The molecule has 130 valence electrons. The number of H-pyrrole nitrogens is 1. The third kappa shape index (κ3) is 4.34. The van der Waals surface area contributed by atoms with Gasteiger partial charge >= 0.3 is 5.69 Å². The van der Waals surface area contributed by atoms with Crippen LogP contribution in [0.1, 0.15) is 30.5 Å². The Bertz CT molecular complexity index is 838. The number of rotatable bonds is 7. The number of hydrogen-bond donors (Lipinski definition) is 2. The molecule has 9 nitrogen and oxygen atoms in total. The summed E-state index contributed by atoms with van der Waals surface area (Å²) in [5.74, 6) is 0.326. The van der Waals surface area contributed by atoms with Crippen molar-refractivity contribution in [2.24, 2.45) is 7.05 Å². The van der Waals surface area contributed by atoms with E-state index in [1.165, 1.54) is 7.05 Å². The number of carbonyl (C=O) groups is 1. The average molecular weight is 353 g/mol. The van der Waals surface area contributed by atoms with Crippen LogP contribution in [0.15, 0.2) is 19.2 Å². The molecular weight excluding hydrogens is 334 g/mol. The normalized spacial score (nSPS) is 10.8. The highest BCUT2D eigenvalue weighted by Crippen LogP contribution is 2.17. The summed E-state index contributed by atoms with van der Waals surface area (Å²) < 4.78 is 6.44. The van der Waals surface area contributed by atoms with Gasteiger partial charge in [-0.3, -0.25) is 14.2 Å². The van der Waals surface area contributed by atoms with Crippen molar-refractivity contribution in [3.63, 3.8) is 0 Å². The molecule has 0 atom stereocenters. The van der Waals surface area contributed by atoms with Crippen molar-refractivity contribution < 1.29 is 9.21 Å². The molecular formula is C14H19N5O4S. The quantitative estimate of drug-likeness (QED) is 0.670. The van der Waals surface area contributed by atoms with Gasteiger partial charge in [0.25, 0.3) is 10.8 Å². The molecule has 2 heterocycles. The summed E-state index contributed by atoms with van der Waals surface area (Å²) in [6.07, 6.45) is 0.986. The van der Waals surface area contributed by atoms with Crippen molar-refractivity contribution in [3.8, 4) is 0 Å². The molecule has 2 N–H and O–H groups in total. The van der Waals surface area contributed by atoms with Crippen molar-refractivity contribution in [1.29, 1.82) is 0 Å². The number of hydrogen-bond acceptors (Lipinski definition) is 7. The van der Waals surface area contributed by atoms with Crippen LogP contribution in [0.5, 0.6) is 0 Å². The average Bonchev–Trinajstić information content (AvgIpc) is 3.00. The number of aromatic amines is 1. The monoisotopic (exact) mass is 353 g/mol. The summed E-state index contributed by atoms with van der Waals surface area (Å²) >= 11 is 1.13. The van der Waals surface area contributed by atoms with Gasteiger partial charge in [-0.25, -0.2) is 4.79 Å². The lowest BCUT2D eigenvalue weighted by Crippen LogP contribution is -2.36. The minimum atomic E-state index is -0.471. The van der Waals surface area contributed by atoms with Crippen LogP contribution in [-0.4, -0.2) is 38.0 Å². The predicted octanol–water partition coefficient (Wildman–Crippen LogP) is -0.0259. The van der Waals surface area contributed by atoms with E-state index in [9.17, 15) is 14.4 Å². The Labute approximate surface area is 141 Å². The van der Waals surface area contributed by atoms with Crippen LogP contribution in [0.4, 0.5) is 0 Å². The molecule has 0 saturated heterocycles. The summed E-state index contributed by atoms with van der Waals surface area (Å²) in [7, 11) is 1.40. The Hall–Kier alpha value is -2.36. The molecule has 0 fully saturated rings. The molecule has 2 aromatic rings. The first-order chi connectivity index (χ1) is 11.4. The van der Waals surface area contributed by atoms with E-state index in [0.717, 1.165) is 22.7 Å². The summed E-state index contributed by atoms with van der Waals surface area (Å²) in [6.45, 7) is 4.24. The second kappa shape index (κ2) is 7.95. The van der Waals surface area contributed by atoms with E-state index in [4.69, 9.17) is 4.42 Å². The maximum absolute atomic E-state index is 12.1. The lowest BCUT2D eigenvalue weighted by molar-refractivity contribution is -0.118. The molecule has 2 rings (SSSR count). The molecule has 0 spiro atoms. The number of amides is 1. The van der Waals surface area contributed by atoms with E-state index < -0.39 is 11.2 Å². The second-order valence-corrected chi connectivity index (χ2v) is 6.10. The SMILES string of the molecule is CCCNC(=O)CSc1nnc(Cc2c(C)[nH]c(=O)n(C)c2=O)o1. The van der Waals surface area contributed by atoms with Gasteiger partial charge in [0.05, 0.1) is 12.2 Å². The minimum absolute atomic E-state index is 0.105. The zero-order valence-corrected chi connectivity index (χ0v) is 14.5. The summed E-state index contributed by atoms with van der Waals surface area (Å²) in [5.41, 5.74) is -0.0175. The molecule has 0 aromatic carbocycles. The molecule has 10 heteroatoms. The number of thioether (sulfide) groups is 1. The molecule has 0 saturated carbocycles. The van der Waals surface area contributed by atoms with Crippen molar-refractivity contribution >= 4 is 17.7 Å². The van der Waals surface area contributed by atoms with Crippen molar-refractivity contribution in [2.45, 2.75) is 31.9 Å². The van der Waals surface area contributed by atoms with Crippen LogP contribution in [-0.2, 0) is 18.3 Å². The molecule has 0 aliphatic rings. The molecule has 1 amide bonds. The van der Waals surface area contributed by atoms with Crippen LogP contribution in [0.25, 0.3) is 0 Å². The van der Waals surface area contributed by atoms with Crippen LogP contribution in [0, 0.1) is 6.92 Å². The van der Waals surface area contributed by atoms with E-state index in [2.05, 4.69) is 20.5 Å². The van der Waals surface area contributed by atoms with E-state index in [1.807, 2.05) is 6.92 Å². The third-order valence-electron chi connectivity index (χ3n) is 3.29. The van der Waals surface area contributed by atoms with Gasteiger partial charge in [-0.2, -0.15) is 0 Å². The van der Waals surface area contributed by atoms with Crippen molar-refractivity contribution in [3.05, 3.63) is 38.0 Å². The largest absolute Gasteiger partial charge is 0.416 e. The highest BCUT2D eigenvalue weighted by atomic mass is 32.2. The number of carbonyl (C=O) groups excluding carboxylic acids is 1. The zero-order valence-electron chi connectivity index (χ0n) is 13.7. The minimum Gasteiger partial charge on any atom is -0.416 e. The fourth-order valence-electron chi connectivity index (χ4n) is 1.94. The van der Waals surface area contributed by atoms with Gasteiger partial charge < -0.3 is 14.7 Å². The van der Waals surface area contributed by atoms with Gasteiger partial charge in [-0.05, 0) is 13.3 Å². The Morgan fingerprint density at radius 3 is 2.83 bits per heavy atom. The summed E-state index contributed by atoms with van der Waals surface area (Å²) in [4.78, 5) is 37.8. The maximum atomic E-state index is 12.1. The molecule has 0 bridgehead atoms. The third-order valence-corrected chi connectivity index (χ3v) is 4.11. The van der Waals surface area contributed by atoms with Crippen LogP contribution in [0.3, 0.4) is 0 Å². The van der Waals surface area contributed by atoms with E-state index >= 15 is 0 Å². The Kier molecular flexibility index (Phi) is 5.96. The highest BCUT2D eigenvalue weighted by Gasteiger charge is 2.15. The van der Waals surface area contributed by atoms with Gasteiger partial charge in [0.15, 0.2) is 0 Å². The fraction of sp³-hybridized carbons (Fsp3) is 0.500. The first-order valence-corrected chi connectivity index (χ1v) is 8.41. The van der Waals surface area contributed by atoms with Crippen molar-refractivity contribution in [1.82, 2.24) is 25.1 Å². The second-order valence-electron chi connectivity index (χ2n) is 5.17. The van der Waals surface area contributed by atoms with Gasteiger partial charge in [-0.1, -0.05) is 18.7 Å². The van der Waals surface area contributed by atoms with Gasteiger partial charge in [0, 0.05) is 24.8 Å². The molecule has 0 unspecified atom stereocenters. The smallest absolute Gasteiger partial charge is 0.328 e. The Morgan fingerprint density at radius 1 is 1.38 bits per heavy atom.